The fraction of sp³-hybridized carbons (Fsp3) is 0.100. The van der Waals surface area contributed by atoms with Crippen molar-refractivity contribution in [2.75, 3.05) is 6.26 Å². The van der Waals surface area contributed by atoms with Gasteiger partial charge in [-0.25, -0.2) is 0 Å². The zero-order valence-corrected chi connectivity index (χ0v) is 8.23. The molecule has 0 bridgehead atoms. The Morgan fingerprint density at radius 2 is 2.08 bits per heavy atom. The van der Waals surface area contributed by atoms with Gasteiger partial charge in [0.15, 0.2) is 0 Å². The van der Waals surface area contributed by atoms with Crippen LogP contribution in [0.3, 0.4) is 0 Å². The number of carbonyl (C=O) groups is 1. The van der Waals surface area contributed by atoms with E-state index in [-0.39, 0.29) is 0 Å². The summed E-state index contributed by atoms with van der Waals surface area (Å²) in [6.45, 7) is 3.65. The van der Waals surface area contributed by atoms with Crippen molar-refractivity contribution < 1.29 is 4.79 Å². The van der Waals surface area contributed by atoms with Crippen LogP contribution in [-0.2, 0) is 4.79 Å². The third-order valence-corrected chi connectivity index (χ3v) is 2.53. The summed E-state index contributed by atoms with van der Waals surface area (Å²) in [4.78, 5) is 11.9. The molecular formula is C10H11NOS. The molecule has 0 fully saturated rings. The molecule has 0 saturated heterocycles. The molecule has 0 radical (unpaired) electrons. The molecule has 1 amide bonds. The lowest BCUT2D eigenvalue weighted by Gasteiger charge is -2.06. The number of thioether (sulfide) groups is 1. The van der Waals surface area contributed by atoms with Crippen molar-refractivity contribution in [2.45, 2.75) is 4.90 Å². The molecule has 0 aliphatic heterocycles. The molecule has 0 aliphatic carbocycles. The smallest absolute Gasteiger partial charge is 0.248 e. The molecule has 0 saturated carbocycles. The van der Waals surface area contributed by atoms with Crippen LogP contribution in [0.5, 0.6) is 0 Å². The number of carbonyl (C=O) groups excluding carboxylic acids is 1. The van der Waals surface area contributed by atoms with E-state index in [0.29, 0.717) is 5.57 Å². The lowest BCUT2D eigenvalue weighted by molar-refractivity contribution is -0.112. The second kappa shape index (κ2) is 4.14. The van der Waals surface area contributed by atoms with E-state index in [1.165, 1.54) is 0 Å². The average Bonchev–Trinajstić information content (AvgIpc) is 2.16. The maximum atomic E-state index is 10.9. The molecule has 0 heterocycles. The second-order valence-corrected chi connectivity index (χ2v) is 3.39. The Morgan fingerprint density at radius 1 is 1.46 bits per heavy atom. The Kier molecular flexibility index (Phi) is 3.14. The Bertz CT molecular complexity index is 347. The van der Waals surface area contributed by atoms with Crippen LogP contribution in [-0.4, -0.2) is 12.2 Å². The van der Waals surface area contributed by atoms with Gasteiger partial charge in [-0.3, -0.25) is 4.79 Å². The van der Waals surface area contributed by atoms with E-state index in [9.17, 15) is 4.79 Å². The van der Waals surface area contributed by atoms with Gasteiger partial charge in [-0.05, 0) is 12.3 Å². The number of benzene rings is 1. The Morgan fingerprint density at radius 3 is 2.62 bits per heavy atom. The Labute approximate surface area is 81.8 Å². The maximum Gasteiger partial charge on any atom is 0.248 e. The highest BCUT2D eigenvalue weighted by molar-refractivity contribution is 7.98. The first-order valence-corrected chi connectivity index (χ1v) is 5.01. The fourth-order valence-electron chi connectivity index (χ4n) is 1.03. The maximum absolute atomic E-state index is 10.9. The van der Waals surface area contributed by atoms with E-state index in [1.807, 2.05) is 30.5 Å². The zero-order chi connectivity index (χ0) is 9.84. The first-order chi connectivity index (χ1) is 6.16. The molecule has 0 aliphatic rings. The molecule has 1 aromatic carbocycles. The van der Waals surface area contributed by atoms with E-state index < -0.39 is 5.91 Å². The minimum atomic E-state index is -0.471. The van der Waals surface area contributed by atoms with Gasteiger partial charge in [0, 0.05) is 16.0 Å². The van der Waals surface area contributed by atoms with Crippen LogP contribution in [0.15, 0.2) is 35.7 Å². The van der Waals surface area contributed by atoms with Gasteiger partial charge < -0.3 is 5.73 Å². The summed E-state index contributed by atoms with van der Waals surface area (Å²) < 4.78 is 0. The number of rotatable bonds is 3. The van der Waals surface area contributed by atoms with Crippen molar-refractivity contribution in [3.8, 4) is 0 Å². The SMILES string of the molecule is C=C(C(N)=O)c1ccccc1SC. The normalized spacial score (nSPS) is 9.62. The van der Waals surface area contributed by atoms with Crippen molar-refractivity contribution in [1.29, 1.82) is 0 Å². The first-order valence-electron chi connectivity index (χ1n) is 3.79. The van der Waals surface area contributed by atoms with Crippen LogP contribution < -0.4 is 5.73 Å². The lowest BCUT2D eigenvalue weighted by Crippen LogP contribution is -2.12. The van der Waals surface area contributed by atoms with Gasteiger partial charge in [0.2, 0.25) is 5.91 Å². The van der Waals surface area contributed by atoms with Crippen LogP contribution >= 0.6 is 11.8 Å². The quantitative estimate of drug-likeness (QED) is 0.588. The summed E-state index contributed by atoms with van der Waals surface area (Å²) >= 11 is 1.57. The van der Waals surface area contributed by atoms with E-state index in [1.54, 1.807) is 11.8 Å². The molecular weight excluding hydrogens is 182 g/mol. The third kappa shape index (κ3) is 2.12. The van der Waals surface area contributed by atoms with E-state index in [2.05, 4.69) is 6.58 Å². The summed E-state index contributed by atoms with van der Waals surface area (Å²) in [7, 11) is 0. The second-order valence-electron chi connectivity index (χ2n) is 2.54. The summed E-state index contributed by atoms with van der Waals surface area (Å²) in [5.74, 6) is -0.471. The van der Waals surface area contributed by atoms with Crippen molar-refractivity contribution >= 4 is 23.2 Å². The molecule has 13 heavy (non-hydrogen) atoms. The van der Waals surface area contributed by atoms with Gasteiger partial charge in [0.25, 0.3) is 0 Å². The number of hydrogen-bond donors (Lipinski definition) is 1. The highest BCUT2D eigenvalue weighted by Gasteiger charge is 2.08. The van der Waals surface area contributed by atoms with Crippen LogP contribution in [0.4, 0.5) is 0 Å². The van der Waals surface area contributed by atoms with Crippen molar-refractivity contribution in [3.05, 3.63) is 36.4 Å². The summed E-state index contributed by atoms with van der Waals surface area (Å²) in [6.07, 6.45) is 1.95. The van der Waals surface area contributed by atoms with E-state index in [0.717, 1.165) is 10.5 Å². The summed E-state index contributed by atoms with van der Waals surface area (Å²) in [5, 5.41) is 0. The number of amides is 1. The molecule has 0 spiro atoms. The van der Waals surface area contributed by atoms with Crippen LogP contribution in [0.25, 0.3) is 5.57 Å². The molecule has 1 aromatic rings. The minimum Gasteiger partial charge on any atom is -0.366 e. The van der Waals surface area contributed by atoms with Crippen molar-refractivity contribution in [3.63, 3.8) is 0 Å². The van der Waals surface area contributed by atoms with Gasteiger partial charge in [-0.1, -0.05) is 24.8 Å². The molecule has 1 rings (SSSR count). The van der Waals surface area contributed by atoms with Crippen LogP contribution in [0, 0.1) is 0 Å². The predicted octanol–water partition coefficient (Wildman–Crippen LogP) is 1.91. The lowest BCUT2D eigenvalue weighted by atomic mass is 10.1. The Hall–Kier alpha value is -1.22. The summed E-state index contributed by atoms with van der Waals surface area (Å²) in [6, 6.07) is 7.57. The first kappa shape index (κ1) is 9.86. The monoisotopic (exact) mass is 193 g/mol. The van der Waals surface area contributed by atoms with Crippen LogP contribution in [0.1, 0.15) is 5.56 Å². The average molecular weight is 193 g/mol. The Balaban J connectivity index is 3.13. The van der Waals surface area contributed by atoms with Crippen LogP contribution in [0.2, 0.25) is 0 Å². The predicted molar refractivity (Wildman–Crippen MR) is 56.5 cm³/mol. The van der Waals surface area contributed by atoms with E-state index >= 15 is 0 Å². The number of nitrogens with two attached hydrogens (primary N) is 1. The molecule has 2 nitrogen and oxygen atoms in total. The highest BCUT2D eigenvalue weighted by Crippen LogP contribution is 2.24. The number of primary amides is 1. The zero-order valence-electron chi connectivity index (χ0n) is 7.41. The summed E-state index contributed by atoms with van der Waals surface area (Å²) in [5.41, 5.74) is 6.33. The van der Waals surface area contributed by atoms with Gasteiger partial charge in [0.1, 0.15) is 0 Å². The molecule has 2 N–H and O–H groups in total. The largest absolute Gasteiger partial charge is 0.366 e. The molecule has 0 aromatic heterocycles. The topological polar surface area (TPSA) is 43.1 Å². The molecule has 3 heteroatoms. The highest BCUT2D eigenvalue weighted by atomic mass is 32.2. The number of hydrogen-bond acceptors (Lipinski definition) is 2. The van der Waals surface area contributed by atoms with Gasteiger partial charge >= 0.3 is 0 Å². The van der Waals surface area contributed by atoms with Gasteiger partial charge in [0.05, 0.1) is 0 Å². The fourth-order valence-corrected chi connectivity index (χ4v) is 1.65. The minimum absolute atomic E-state index is 0.366. The van der Waals surface area contributed by atoms with Crippen molar-refractivity contribution in [2.24, 2.45) is 5.73 Å². The third-order valence-electron chi connectivity index (χ3n) is 1.73. The standard InChI is InChI=1S/C10H11NOS/c1-7(10(11)12)8-5-3-4-6-9(8)13-2/h3-6H,1H2,2H3,(H2,11,12). The molecule has 0 atom stereocenters. The van der Waals surface area contributed by atoms with E-state index in [4.69, 9.17) is 5.73 Å². The van der Waals surface area contributed by atoms with Gasteiger partial charge in [-0.2, -0.15) is 0 Å². The van der Waals surface area contributed by atoms with Crippen molar-refractivity contribution in [1.82, 2.24) is 0 Å². The molecule has 68 valence electrons. The van der Waals surface area contributed by atoms with Gasteiger partial charge in [-0.15, -0.1) is 11.8 Å². The molecule has 0 unspecified atom stereocenters.